The fourth-order valence-corrected chi connectivity index (χ4v) is 4.91. The lowest BCUT2D eigenvalue weighted by Gasteiger charge is -2.27. The molecular weight excluding hydrogens is 514 g/mol. The molecule has 1 unspecified atom stereocenters. The van der Waals surface area contributed by atoms with E-state index in [1.165, 1.54) is 6.08 Å². The second-order valence-electron chi connectivity index (χ2n) is 9.69. The highest BCUT2D eigenvalue weighted by atomic mass is 16.5. The molecule has 0 radical (unpaired) electrons. The molecule has 0 saturated carbocycles. The maximum Gasteiger partial charge on any atom is 0.290 e. The Bertz CT molecular complexity index is 1560. The van der Waals surface area contributed by atoms with Gasteiger partial charge in [-0.25, -0.2) is 0 Å². The first-order valence-corrected chi connectivity index (χ1v) is 13.5. The number of rotatable bonds is 11. The number of methoxy groups -OCH3 is 1. The lowest BCUT2D eigenvalue weighted by Crippen LogP contribution is -2.33. The molecule has 5 rings (SSSR count). The highest BCUT2D eigenvalue weighted by molar-refractivity contribution is 6.14. The molecule has 0 aliphatic carbocycles. The number of aliphatic hydroxyl groups excluding tert-OH is 1. The number of allylic oxidation sites excluding steroid dienone is 1. The highest BCUT2D eigenvalue weighted by Gasteiger charge is 2.43. The monoisotopic (exact) mass is 545 g/mol. The smallest absolute Gasteiger partial charge is 0.290 e. The Morgan fingerprint density at radius 1 is 0.854 bits per heavy atom. The van der Waals surface area contributed by atoms with Gasteiger partial charge in [0.25, 0.3) is 5.91 Å². The number of carbonyl (C=O) groups excluding carboxylic acids is 2. The maximum atomic E-state index is 13.5. The zero-order chi connectivity index (χ0) is 28.6. The van der Waals surface area contributed by atoms with Crippen molar-refractivity contribution in [1.29, 1.82) is 0 Å². The molecule has 1 aliphatic heterocycles. The highest BCUT2D eigenvalue weighted by Crippen LogP contribution is 2.41. The van der Waals surface area contributed by atoms with Crippen LogP contribution in [-0.2, 0) is 22.6 Å². The van der Waals surface area contributed by atoms with Crippen LogP contribution in [0, 0.1) is 0 Å². The Balaban J connectivity index is 1.47. The van der Waals surface area contributed by atoms with Crippen LogP contribution < -0.4 is 9.47 Å². The van der Waals surface area contributed by atoms with E-state index in [4.69, 9.17) is 9.47 Å². The second kappa shape index (κ2) is 12.8. The van der Waals surface area contributed by atoms with Crippen molar-refractivity contribution in [3.63, 3.8) is 0 Å². The van der Waals surface area contributed by atoms with Gasteiger partial charge in [0.15, 0.2) is 23.0 Å². The zero-order valence-electron chi connectivity index (χ0n) is 22.8. The van der Waals surface area contributed by atoms with E-state index in [-0.39, 0.29) is 5.57 Å². The molecular formula is C35H31NO5. The summed E-state index contributed by atoms with van der Waals surface area (Å²) in [7, 11) is 1.55. The van der Waals surface area contributed by atoms with E-state index >= 15 is 0 Å². The van der Waals surface area contributed by atoms with Gasteiger partial charge in [-0.15, -0.1) is 0 Å². The van der Waals surface area contributed by atoms with Gasteiger partial charge in [0.1, 0.15) is 6.61 Å². The summed E-state index contributed by atoms with van der Waals surface area (Å²) < 4.78 is 11.7. The van der Waals surface area contributed by atoms with Gasteiger partial charge in [0.05, 0.1) is 18.7 Å². The van der Waals surface area contributed by atoms with Gasteiger partial charge >= 0.3 is 0 Å². The van der Waals surface area contributed by atoms with Gasteiger partial charge in [-0.2, -0.15) is 0 Å². The van der Waals surface area contributed by atoms with Crippen molar-refractivity contribution in [3.8, 4) is 11.5 Å². The molecule has 41 heavy (non-hydrogen) atoms. The van der Waals surface area contributed by atoms with E-state index in [0.29, 0.717) is 36.6 Å². The normalized spacial score (nSPS) is 15.0. The van der Waals surface area contributed by atoms with E-state index in [9.17, 15) is 14.7 Å². The Hall–Kier alpha value is -5.10. The number of aliphatic hydroxyl groups is 1. The summed E-state index contributed by atoms with van der Waals surface area (Å²) in [4.78, 5) is 28.4. The lowest BCUT2D eigenvalue weighted by molar-refractivity contribution is -0.129. The van der Waals surface area contributed by atoms with E-state index in [0.717, 1.165) is 16.7 Å². The Morgan fingerprint density at radius 3 is 2.15 bits per heavy atom. The van der Waals surface area contributed by atoms with Crippen molar-refractivity contribution < 1.29 is 24.2 Å². The van der Waals surface area contributed by atoms with Gasteiger partial charge in [0.2, 0.25) is 0 Å². The van der Waals surface area contributed by atoms with Gasteiger partial charge in [-0.05, 0) is 46.9 Å². The summed E-state index contributed by atoms with van der Waals surface area (Å²) in [5, 5.41) is 11.0. The van der Waals surface area contributed by atoms with E-state index in [1.54, 1.807) is 30.2 Å². The fourth-order valence-electron chi connectivity index (χ4n) is 4.91. The van der Waals surface area contributed by atoms with Crippen LogP contribution in [0.5, 0.6) is 11.5 Å². The largest absolute Gasteiger partial charge is 0.503 e. The van der Waals surface area contributed by atoms with Gasteiger partial charge in [-0.3, -0.25) is 9.59 Å². The van der Waals surface area contributed by atoms with Crippen LogP contribution in [-0.4, -0.2) is 35.4 Å². The first-order chi connectivity index (χ1) is 20.0. The first-order valence-electron chi connectivity index (χ1n) is 13.5. The third-order valence-electron chi connectivity index (χ3n) is 7.02. The molecule has 0 saturated heterocycles. The van der Waals surface area contributed by atoms with Crippen LogP contribution in [0.1, 0.15) is 28.3 Å². The molecule has 0 fully saturated rings. The van der Waals surface area contributed by atoms with Crippen molar-refractivity contribution in [3.05, 3.63) is 149 Å². The number of amides is 1. The molecule has 4 aromatic rings. The molecule has 0 spiro atoms. The van der Waals surface area contributed by atoms with Crippen molar-refractivity contribution in [2.24, 2.45) is 0 Å². The summed E-state index contributed by atoms with van der Waals surface area (Å²) in [6.45, 7) is 0.668. The minimum absolute atomic E-state index is 0.0373. The molecule has 1 aliphatic rings. The summed E-state index contributed by atoms with van der Waals surface area (Å²) in [5.74, 6) is -0.549. The summed E-state index contributed by atoms with van der Waals surface area (Å²) in [6, 6.07) is 33.5. The van der Waals surface area contributed by atoms with Crippen LogP contribution in [0.25, 0.3) is 6.08 Å². The number of hydrogen-bond acceptors (Lipinski definition) is 5. The average Bonchev–Trinajstić information content (AvgIpc) is 3.28. The van der Waals surface area contributed by atoms with Crippen molar-refractivity contribution >= 4 is 17.8 Å². The lowest BCUT2D eigenvalue weighted by atomic mass is 9.95. The maximum absolute atomic E-state index is 13.5. The van der Waals surface area contributed by atoms with Crippen LogP contribution in [0.3, 0.4) is 0 Å². The molecule has 206 valence electrons. The topological polar surface area (TPSA) is 76.1 Å². The SMILES string of the molecule is COc1cc(C2C(C(=O)/C=C/c3ccccc3)=C(O)C(=O)N2CCc2ccccc2)ccc1OCc1ccccc1. The Kier molecular flexibility index (Phi) is 8.60. The molecule has 1 heterocycles. The first kappa shape index (κ1) is 27.5. The summed E-state index contributed by atoms with van der Waals surface area (Å²) in [6.07, 6.45) is 3.64. The van der Waals surface area contributed by atoms with E-state index in [1.807, 2.05) is 97.1 Å². The zero-order valence-corrected chi connectivity index (χ0v) is 22.8. The molecule has 1 amide bonds. The summed E-state index contributed by atoms with van der Waals surface area (Å²) >= 11 is 0. The number of benzene rings is 4. The molecule has 6 nitrogen and oxygen atoms in total. The van der Waals surface area contributed by atoms with E-state index < -0.39 is 23.5 Å². The minimum atomic E-state index is -0.795. The second-order valence-corrected chi connectivity index (χ2v) is 9.69. The standard InChI is InChI=1S/C35H31NO5/c1-40-31-23-28(18-20-30(31)41-24-27-15-9-4-10-16-27)33-32(29(37)19-17-25-11-5-2-6-12-25)34(38)35(39)36(33)22-21-26-13-7-3-8-14-26/h2-20,23,33,38H,21-22,24H2,1H3/b19-17+. The van der Waals surface area contributed by atoms with Crippen LogP contribution in [0.15, 0.2) is 127 Å². The number of carbonyl (C=O) groups is 2. The van der Waals surface area contributed by atoms with Gasteiger partial charge in [-0.1, -0.05) is 103 Å². The third kappa shape index (κ3) is 6.39. The Morgan fingerprint density at radius 2 is 1.49 bits per heavy atom. The van der Waals surface area contributed by atoms with Crippen LogP contribution in [0.4, 0.5) is 0 Å². The number of ketones is 1. The van der Waals surface area contributed by atoms with Gasteiger partial charge in [0, 0.05) is 6.54 Å². The third-order valence-corrected chi connectivity index (χ3v) is 7.02. The summed E-state index contributed by atoms with van der Waals surface area (Å²) in [5.41, 5.74) is 3.57. The molecule has 4 aromatic carbocycles. The van der Waals surface area contributed by atoms with E-state index in [2.05, 4.69) is 0 Å². The predicted molar refractivity (Wildman–Crippen MR) is 159 cm³/mol. The van der Waals surface area contributed by atoms with Crippen LogP contribution in [0.2, 0.25) is 0 Å². The molecule has 6 heteroatoms. The quantitative estimate of drug-likeness (QED) is 0.218. The van der Waals surface area contributed by atoms with Crippen molar-refractivity contribution in [1.82, 2.24) is 4.90 Å². The molecule has 0 bridgehead atoms. The number of ether oxygens (including phenoxy) is 2. The fraction of sp³-hybridized carbons (Fsp3) is 0.143. The van der Waals surface area contributed by atoms with Crippen LogP contribution >= 0.6 is 0 Å². The average molecular weight is 546 g/mol. The molecule has 1 N–H and O–H groups in total. The number of hydrogen-bond donors (Lipinski definition) is 1. The number of nitrogens with zero attached hydrogens (tertiary/aromatic N) is 1. The van der Waals surface area contributed by atoms with Gasteiger partial charge < -0.3 is 19.5 Å². The molecule has 0 aromatic heterocycles. The van der Waals surface area contributed by atoms with Crippen molar-refractivity contribution in [2.45, 2.75) is 19.1 Å². The molecule has 1 atom stereocenters. The Labute approximate surface area is 239 Å². The predicted octanol–water partition coefficient (Wildman–Crippen LogP) is 6.49. The van der Waals surface area contributed by atoms with Crippen molar-refractivity contribution in [2.75, 3.05) is 13.7 Å². The minimum Gasteiger partial charge on any atom is -0.503 e.